The Morgan fingerprint density at radius 1 is 1.04 bits per heavy atom. The van der Waals surface area contributed by atoms with Gasteiger partial charge in [-0.2, -0.15) is 0 Å². The second kappa shape index (κ2) is 8.15. The summed E-state index contributed by atoms with van der Waals surface area (Å²) in [7, 11) is -1.21. The fourth-order valence-electron chi connectivity index (χ4n) is 2.62. The van der Waals surface area contributed by atoms with Crippen LogP contribution in [0.5, 0.6) is 0 Å². The Labute approximate surface area is 155 Å². The first kappa shape index (κ1) is 18.1. The number of benzene rings is 2. The molecule has 5 heteroatoms. The maximum Gasteiger partial charge on any atom is 0.287 e. The van der Waals surface area contributed by atoms with Gasteiger partial charge in [-0.3, -0.25) is 9.00 Å². The van der Waals surface area contributed by atoms with E-state index in [0.29, 0.717) is 12.3 Å². The van der Waals surface area contributed by atoms with E-state index in [1.165, 1.54) is 0 Å². The quantitative estimate of drug-likeness (QED) is 0.712. The van der Waals surface area contributed by atoms with Crippen LogP contribution in [0.15, 0.2) is 70.0 Å². The molecule has 0 bridgehead atoms. The molecule has 0 saturated carbocycles. The lowest BCUT2D eigenvalue weighted by atomic mass is 10.1. The van der Waals surface area contributed by atoms with Gasteiger partial charge >= 0.3 is 0 Å². The second-order valence-electron chi connectivity index (χ2n) is 6.18. The molecule has 1 heterocycles. The van der Waals surface area contributed by atoms with E-state index in [4.69, 9.17) is 4.42 Å². The van der Waals surface area contributed by atoms with Crippen molar-refractivity contribution in [2.75, 3.05) is 0 Å². The van der Waals surface area contributed by atoms with Crippen LogP contribution in [-0.2, 0) is 23.1 Å². The normalized spacial score (nSPS) is 11.9. The third-order valence-electron chi connectivity index (χ3n) is 4.11. The van der Waals surface area contributed by atoms with E-state index in [9.17, 15) is 9.00 Å². The fraction of sp³-hybridized carbons (Fsp3) is 0.190. The van der Waals surface area contributed by atoms with E-state index >= 15 is 0 Å². The van der Waals surface area contributed by atoms with Crippen LogP contribution < -0.4 is 5.32 Å². The van der Waals surface area contributed by atoms with Crippen LogP contribution >= 0.6 is 0 Å². The standard InChI is InChI=1S/C21H21NO3S/c1-15-6-5-9-19(12-15)26(24)14-18-10-11-20(25-18)21(23)22-13-17-8-4-3-7-16(17)2/h3-12H,13-14H2,1-2H3,(H,22,23)/t26-/m0/s1. The van der Waals surface area contributed by atoms with Gasteiger partial charge in [0.1, 0.15) is 5.76 Å². The van der Waals surface area contributed by atoms with Crippen molar-refractivity contribution in [3.63, 3.8) is 0 Å². The van der Waals surface area contributed by atoms with E-state index < -0.39 is 10.8 Å². The minimum Gasteiger partial charge on any atom is -0.455 e. The Kier molecular flexibility index (Phi) is 5.68. The highest BCUT2D eigenvalue weighted by Gasteiger charge is 2.14. The molecule has 1 atom stereocenters. The van der Waals surface area contributed by atoms with Gasteiger partial charge in [-0.15, -0.1) is 0 Å². The van der Waals surface area contributed by atoms with Gasteiger partial charge in [0, 0.05) is 11.4 Å². The minimum atomic E-state index is -1.21. The Balaban J connectivity index is 1.61. The summed E-state index contributed by atoms with van der Waals surface area (Å²) in [5, 5.41) is 2.85. The number of carbonyl (C=O) groups is 1. The summed E-state index contributed by atoms with van der Waals surface area (Å²) in [5.41, 5.74) is 3.25. The SMILES string of the molecule is Cc1cccc([S@@](=O)Cc2ccc(C(=O)NCc3ccccc3C)o2)c1. The van der Waals surface area contributed by atoms with Crippen LogP contribution in [0.1, 0.15) is 33.0 Å². The molecular formula is C21H21NO3S. The molecule has 26 heavy (non-hydrogen) atoms. The number of hydrogen-bond acceptors (Lipinski definition) is 3. The molecule has 0 saturated heterocycles. The summed E-state index contributed by atoms with van der Waals surface area (Å²) in [6.07, 6.45) is 0. The Hall–Kier alpha value is -2.66. The third kappa shape index (κ3) is 4.49. The molecule has 1 N–H and O–H groups in total. The average Bonchev–Trinajstić information content (AvgIpc) is 3.09. The number of hydrogen-bond donors (Lipinski definition) is 1. The summed E-state index contributed by atoms with van der Waals surface area (Å²) in [6, 6.07) is 18.8. The molecule has 0 aliphatic heterocycles. The van der Waals surface area contributed by atoms with Crippen molar-refractivity contribution in [2.45, 2.75) is 31.0 Å². The third-order valence-corrected chi connectivity index (χ3v) is 5.44. The summed E-state index contributed by atoms with van der Waals surface area (Å²) < 4.78 is 18.0. The summed E-state index contributed by atoms with van der Waals surface area (Å²) in [4.78, 5) is 13.0. The van der Waals surface area contributed by atoms with Crippen molar-refractivity contribution in [1.29, 1.82) is 0 Å². The van der Waals surface area contributed by atoms with Crippen molar-refractivity contribution in [1.82, 2.24) is 5.32 Å². The van der Waals surface area contributed by atoms with E-state index in [1.54, 1.807) is 12.1 Å². The molecule has 0 radical (unpaired) electrons. The van der Waals surface area contributed by atoms with Crippen LogP contribution in [0.25, 0.3) is 0 Å². The molecule has 0 spiro atoms. The van der Waals surface area contributed by atoms with Crippen molar-refractivity contribution in [3.8, 4) is 0 Å². The summed E-state index contributed by atoms with van der Waals surface area (Å²) in [6.45, 7) is 4.41. The van der Waals surface area contributed by atoms with E-state index in [1.807, 2.05) is 62.4 Å². The van der Waals surface area contributed by atoms with Crippen LogP contribution in [0.4, 0.5) is 0 Å². The number of nitrogens with one attached hydrogen (secondary N) is 1. The molecular weight excluding hydrogens is 346 g/mol. The van der Waals surface area contributed by atoms with Gasteiger partial charge in [0.15, 0.2) is 5.76 Å². The molecule has 0 fully saturated rings. The van der Waals surface area contributed by atoms with Gasteiger partial charge in [-0.25, -0.2) is 0 Å². The van der Waals surface area contributed by atoms with Gasteiger partial charge in [0.05, 0.1) is 16.6 Å². The largest absolute Gasteiger partial charge is 0.455 e. The highest BCUT2D eigenvalue weighted by Crippen LogP contribution is 2.16. The first-order chi connectivity index (χ1) is 12.5. The lowest BCUT2D eigenvalue weighted by molar-refractivity contribution is 0.0921. The van der Waals surface area contributed by atoms with Gasteiger partial charge in [0.2, 0.25) is 0 Å². The number of aryl methyl sites for hydroxylation is 2. The summed E-state index contributed by atoms with van der Waals surface area (Å²) in [5.74, 6) is 0.732. The molecule has 0 unspecified atom stereocenters. The molecule has 2 aromatic carbocycles. The predicted octanol–water partition coefficient (Wildman–Crippen LogP) is 4.13. The zero-order valence-corrected chi connectivity index (χ0v) is 15.6. The molecule has 3 rings (SSSR count). The monoisotopic (exact) mass is 367 g/mol. The molecule has 0 aliphatic rings. The molecule has 1 amide bonds. The van der Waals surface area contributed by atoms with Crippen molar-refractivity contribution < 1.29 is 13.4 Å². The molecule has 134 valence electrons. The van der Waals surface area contributed by atoms with Crippen molar-refractivity contribution >= 4 is 16.7 Å². The number of furan rings is 1. The number of amides is 1. The fourth-order valence-corrected chi connectivity index (χ4v) is 3.75. The van der Waals surface area contributed by atoms with Crippen molar-refractivity contribution in [2.24, 2.45) is 0 Å². The topological polar surface area (TPSA) is 59.3 Å². The molecule has 4 nitrogen and oxygen atoms in total. The zero-order valence-electron chi connectivity index (χ0n) is 14.8. The van der Waals surface area contributed by atoms with E-state index in [-0.39, 0.29) is 17.4 Å². The van der Waals surface area contributed by atoms with Crippen LogP contribution in [0, 0.1) is 13.8 Å². The number of rotatable bonds is 6. The van der Waals surface area contributed by atoms with Gasteiger partial charge in [-0.05, 0) is 54.8 Å². The lowest BCUT2D eigenvalue weighted by Crippen LogP contribution is -2.22. The molecule has 0 aliphatic carbocycles. The van der Waals surface area contributed by atoms with E-state index in [0.717, 1.165) is 21.6 Å². The molecule has 1 aromatic heterocycles. The smallest absolute Gasteiger partial charge is 0.287 e. The van der Waals surface area contributed by atoms with Crippen LogP contribution in [-0.4, -0.2) is 10.1 Å². The van der Waals surface area contributed by atoms with E-state index in [2.05, 4.69) is 5.32 Å². The maximum absolute atomic E-state index is 12.4. The Bertz CT molecular complexity index is 946. The highest BCUT2D eigenvalue weighted by molar-refractivity contribution is 7.84. The maximum atomic E-state index is 12.4. The first-order valence-electron chi connectivity index (χ1n) is 8.39. The number of carbonyl (C=O) groups excluding carboxylic acids is 1. The first-order valence-corrected chi connectivity index (χ1v) is 9.71. The zero-order chi connectivity index (χ0) is 18.5. The van der Waals surface area contributed by atoms with Gasteiger partial charge < -0.3 is 9.73 Å². The van der Waals surface area contributed by atoms with Crippen LogP contribution in [0.3, 0.4) is 0 Å². The van der Waals surface area contributed by atoms with Crippen LogP contribution in [0.2, 0.25) is 0 Å². The Morgan fingerprint density at radius 2 is 1.85 bits per heavy atom. The van der Waals surface area contributed by atoms with Gasteiger partial charge in [0.25, 0.3) is 5.91 Å². The highest BCUT2D eigenvalue weighted by atomic mass is 32.2. The van der Waals surface area contributed by atoms with Crippen molar-refractivity contribution in [3.05, 3.63) is 88.9 Å². The predicted molar refractivity (Wildman–Crippen MR) is 102 cm³/mol. The lowest BCUT2D eigenvalue weighted by Gasteiger charge is -2.06. The van der Waals surface area contributed by atoms with Gasteiger partial charge in [-0.1, -0.05) is 36.4 Å². The second-order valence-corrected chi connectivity index (χ2v) is 7.63. The summed E-state index contributed by atoms with van der Waals surface area (Å²) >= 11 is 0. The average molecular weight is 367 g/mol. The molecule has 3 aromatic rings. The Morgan fingerprint density at radius 3 is 2.62 bits per heavy atom. The minimum absolute atomic E-state index is 0.231.